The van der Waals surface area contributed by atoms with Gasteiger partial charge in [0.1, 0.15) is 5.78 Å². The van der Waals surface area contributed by atoms with Crippen molar-refractivity contribution < 1.29 is 14.7 Å². The topological polar surface area (TPSA) is 54.4 Å². The number of aliphatic hydroxyl groups is 1. The van der Waals surface area contributed by atoms with Crippen molar-refractivity contribution in [2.24, 2.45) is 5.41 Å². The van der Waals surface area contributed by atoms with Gasteiger partial charge in [0.05, 0.1) is 6.61 Å². The summed E-state index contributed by atoms with van der Waals surface area (Å²) in [6.07, 6.45) is 8.42. The zero-order valence-corrected chi connectivity index (χ0v) is 13.5. The lowest BCUT2D eigenvalue weighted by Gasteiger charge is -2.34. The van der Waals surface area contributed by atoms with Crippen LogP contribution in [0.3, 0.4) is 0 Å². The van der Waals surface area contributed by atoms with Crippen LogP contribution < -0.4 is 0 Å². The minimum Gasteiger partial charge on any atom is -0.395 e. The summed E-state index contributed by atoms with van der Waals surface area (Å²) in [5.41, 5.74) is 2.41. The van der Waals surface area contributed by atoms with E-state index in [9.17, 15) is 14.7 Å². The van der Waals surface area contributed by atoms with Crippen LogP contribution in [0.15, 0.2) is 34.9 Å². The van der Waals surface area contributed by atoms with Crippen LogP contribution >= 0.6 is 0 Å². The van der Waals surface area contributed by atoms with Crippen LogP contribution in [0.1, 0.15) is 53.4 Å². The van der Waals surface area contributed by atoms with E-state index < -0.39 is 0 Å². The first kappa shape index (κ1) is 17.6. The van der Waals surface area contributed by atoms with Gasteiger partial charge in [0.15, 0.2) is 5.78 Å². The fourth-order valence-corrected chi connectivity index (χ4v) is 2.59. The first-order valence-corrected chi connectivity index (χ1v) is 7.50. The van der Waals surface area contributed by atoms with Crippen LogP contribution in [0, 0.1) is 5.41 Å². The Labute approximate surface area is 127 Å². The monoisotopic (exact) mass is 290 g/mol. The highest BCUT2D eigenvalue weighted by Gasteiger charge is 2.34. The van der Waals surface area contributed by atoms with Gasteiger partial charge in [0.2, 0.25) is 0 Å². The summed E-state index contributed by atoms with van der Waals surface area (Å²) >= 11 is 0. The van der Waals surface area contributed by atoms with Crippen LogP contribution in [0.2, 0.25) is 0 Å². The first-order chi connectivity index (χ1) is 9.80. The SMILES string of the molecule is CC(=O)CC/C=C(C)/C=C/C1=C(C)C(=O)CC[C@@]1(C)CO. The molecule has 0 aromatic rings. The van der Waals surface area contributed by atoms with Gasteiger partial charge in [0.25, 0.3) is 0 Å². The lowest BCUT2D eigenvalue weighted by Crippen LogP contribution is -2.30. The smallest absolute Gasteiger partial charge is 0.158 e. The largest absolute Gasteiger partial charge is 0.395 e. The molecule has 0 heterocycles. The molecule has 0 fully saturated rings. The van der Waals surface area contributed by atoms with E-state index in [1.165, 1.54) is 0 Å². The highest BCUT2D eigenvalue weighted by atomic mass is 16.3. The van der Waals surface area contributed by atoms with E-state index in [1.54, 1.807) is 6.92 Å². The van der Waals surface area contributed by atoms with Gasteiger partial charge in [-0.1, -0.05) is 30.7 Å². The normalized spacial score (nSPS) is 24.0. The minimum absolute atomic E-state index is 0.0460. The highest BCUT2D eigenvalue weighted by molar-refractivity contribution is 5.97. The van der Waals surface area contributed by atoms with Crippen LogP contribution in [0.4, 0.5) is 0 Å². The molecule has 0 saturated carbocycles. The van der Waals surface area contributed by atoms with Gasteiger partial charge in [-0.3, -0.25) is 4.79 Å². The maximum absolute atomic E-state index is 11.9. The summed E-state index contributed by atoms with van der Waals surface area (Å²) in [6.45, 7) is 7.45. The van der Waals surface area contributed by atoms with Crippen LogP contribution in [0.5, 0.6) is 0 Å². The van der Waals surface area contributed by atoms with Crippen LogP contribution in [-0.4, -0.2) is 23.3 Å². The minimum atomic E-state index is -0.339. The molecule has 3 heteroatoms. The summed E-state index contributed by atoms with van der Waals surface area (Å²) in [5, 5.41) is 9.66. The Balaban J connectivity index is 2.91. The van der Waals surface area contributed by atoms with E-state index in [4.69, 9.17) is 0 Å². The fourth-order valence-electron chi connectivity index (χ4n) is 2.59. The summed E-state index contributed by atoms with van der Waals surface area (Å²) in [4.78, 5) is 22.8. The van der Waals surface area contributed by atoms with E-state index in [1.807, 2.05) is 39.0 Å². The second kappa shape index (κ2) is 7.51. The second-order valence-corrected chi connectivity index (χ2v) is 6.20. The van der Waals surface area contributed by atoms with Crippen molar-refractivity contribution in [1.29, 1.82) is 0 Å². The third-order valence-electron chi connectivity index (χ3n) is 4.20. The predicted molar refractivity (Wildman–Crippen MR) is 84.9 cm³/mol. The third kappa shape index (κ3) is 4.78. The van der Waals surface area contributed by atoms with Gasteiger partial charge in [-0.25, -0.2) is 0 Å². The molecule has 0 spiro atoms. The quantitative estimate of drug-likeness (QED) is 0.761. The molecule has 1 aliphatic rings. The number of carbonyl (C=O) groups excluding carboxylic acids is 2. The van der Waals surface area contributed by atoms with Crippen molar-refractivity contribution in [3.63, 3.8) is 0 Å². The van der Waals surface area contributed by atoms with Crippen molar-refractivity contribution in [2.45, 2.75) is 53.4 Å². The molecular formula is C18H26O3. The number of carbonyl (C=O) groups is 2. The molecule has 1 atom stereocenters. The molecule has 21 heavy (non-hydrogen) atoms. The molecule has 1 rings (SSSR count). The number of Topliss-reactive ketones (excluding diaryl/α,β-unsaturated/α-hetero) is 2. The summed E-state index contributed by atoms with van der Waals surface area (Å²) < 4.78 is 0. The van der Waals surface area contributed by atoms with Crippen molar-refractivity contribution >= 4 is 11.6 Å². The Hall–Kier alpha value is -1.48. The molecule has 3 nitrogen and oxygen atoms in total. The molecule has 0 aliphatic heterocycles. The lowest BCUT2D eigenvalue weighted by atomic mass is 9.71. The lowest BCUT2D eigenvalue weighted by molar-refractivity contribution is -0.117. The number of hydrogen-bond acceptors (Lipinski definition) is 3. The molecule has 1 aliphatic carbocycles. The number of allylic oxidation sites excluding steroid dienone is 5. The van der Waals surface area contributed by atoms with Crippen molar-refractivity contribution in [2.75, 3.05) is 6.61 Å². The molecule has 0 aromatic heterocycles. The Kier molecular flexibility index (Phi) is 6.28. The zero-order valence-electron chi connectivity index (χ0n) is 13.5. The molecular weight excluding hydrogens is 264 g/mol. The Morgan fingerprint density at radius 2 is 2.05 bits per heavy atom. The van der Waals surface area contributed by atoms with Gasteiger partial charge in [-0.05, 0) is 44.8 Å². The van der Waals surface area contributed by atoms with E-state index in [-0.39, 0.29) is 23.6 Å². The molecule has 0 aromatic carbocycles. The molecule has 0 saturated heterocycles. The predicted octanol–water partition coefficient (Wildman–Crippen LogP) is 3.54. The Bertz CT molecular complexity index is 509. The van der Waals surface area contributed by atoms with Crippen molar-refractivity contribution in [3.05, 3.63) is 34.9 Å². The number of rotatable bonds is 6. The standard InChI is InChI=1S/C18H26O3/c1-13(6-5-7-14(2)20)8-9-16-15(3)17(21)10-11-18(16,4)12-19/h6,8-9,19H,5,7,10-12H2,1-4H3/b9-8+,13-6+/t18-/m0/s1. The van der Waals surface area contributed by atoms with Crippen molar-refractivity contribution in [1.82, 2.24) is 0 Å². The number of ketones is 2. The molecule has 116 valence electrons. The summed E-state index contributed by atoms with van der Waals surface area (Å²) in [5.74, 6) is 0.353. The van der Waals surface area contributed by atoms with Gasteiger partial charge >= 0.3 is 0 Å². The first-order valence-electron chi connectivity index (χ1n) is 7.50. The Morgan fingerprint density at radius 3 is 2.62 bits per heavy atom. The number of hydrogen-bond donors (Lipinski definition) is 1. The fraction of sp³-hybridized carbons (Fsp3) is 0.556. The molecule has 0 unspecified atom stereocenters. The van der Waals surface area contributed by atoms with Crippen LogP contribution in [-0.2, 0) is 9.59 Å². The van der Waals surface area contributed by atoms with Gasteiger partial charge < -0.3 is 9.90 Å². The highest BCUT2D eigenvalue weighted by Crippen LogP contribution is 2.39. The molecule has 1 N–H and O–H groups in total. The zero-order chi connectivity index (χ0) is 16.0. The second-order valence-electron chi connectivity index (χ2n) is 6.20. The third-order valence-corrected chi connectivity index (χ3v) is 4.20. The van der Waals surface area contributed by atoms with Gasteiger partial charge in [-0.15, -0.1) is 0 Å². The van der Waals surface area contributed by atoms with E-state index in [2.05, 4.69) is 0 Å². The number of aliphatic hydroxyl groups excluding tert-OH is 1. The Morgan fingerprint density at radius 1 is 1.38 bits per heavy atom. The average molecular weight is 290 g/mol. The maximum atomic E-state index is 11.9. The molecule has 0 bridgehead atoms. The van der Waals surface area contributed by atoms with Crippen LogP contribution in [0.25, 0.3) is 0 Å². The van der Waals surface area contributed by atoms with E-state index >= 15 is 0 Å². The van der Waals surface area contributed by atoms with E-state index in [0.29, 0.717) is 19.3 Å². The summed E-state index contributed by atoms with van der Waals surface area (Å²) in [6, 6.07) is 0. The van der Waals surface area contributed by atoms with Gasteiger partial charge in [0, 0.05) is 18.3 Å². The summed E-state index contributed by atoms with van der Waals surface area (Å²) in [7, 11) is 0. The molecule has 0 radical (unpaired) electrons. The van der Waals surface area contributed by atoms with E-state index in [0.717, 1.165) is 23.1 Å². The van der Waals surface area contributed by atoms with Crippen molar-refractivity contribution in [3.8, 4) is 0 Å². The maximum Gasteiger partial charge on any atom is 0.158 e. The van der Waals surface area contributed by atoms with Gasteiger partial charge in [-0.2, -0.15) is 0 Å². The molecule has 0 amide bonds. The average Bonchev–Trinajstić information content (AvgIpc) is 2.43.